The zero-order valence-electron chi connectivity index (χ0n) is 16.5. The predicted molar refractivity (Wildman–Crippen MR) is 115 cm³/mol. The van der Waals surface area contributed by atoms with E-state index in [1.54, 1.807) is 11.3 Å². The molecule has 1 heterocycles. The number of nitrogens with one attached hydrogen (secondary N) is 2. The van der Waals surface area contributed by atoms with Crippen molar-refractivity contribution in [3.8, 4) is 0 Å². The summed E-state index contributed by atoms with van der Waals surface area (Å²) in [4.78, 5) is 10.5. The van der Waals surface area contributed by atoms with Crippen LogP contribution in [0.15, 0.2) is 41.5 Å². The molecular formula is C21H32N4OS. The first-order chi connectivity index (χ1) is 13.3. The number of guanidine groups is 1. The van der Waals surface area contributed by atoms with E-state index in [4.69, 9.17) is 4.74 Å². The summed E-state index contributed by atoms with van der Waals surface area (Å²) >= 11 is 1.80. The Kier molecular flexibility index (Phi) is 10.5. The van der Waals surface area contributed by atoms with E-state index in [0.29, 0.717) is 6.61 Å². The fourth-order valence-corrected chi connectivity index (χ4v) is 3.39. The molecule has 0 fully saturated rings. The molecule has 1 aromatic carbocycles. The molecule has 0 saturated carbocycles. The van der Waals surface area contributed by atoms with Crippen molar-refractivity contribution in [1.82, 2.24) is 15.6 Å². The van der Waals surface area contributed by atoms with Crippen LogP contribution in [0.4, 0.5) is 0 Å². The third-order valence-corrected chi connectivity index (χ3v) is 5.21. The lowest BCUT2D eigenvalue weighted by Crippen LogP contribution is -2.38. The van der Waals surface area contributed by atoms with Crippen molar-refractivity contribution >= 4 is 17.3 Å². The normalized spacial score (nSPS) is 11.6. The molecule has 0 atom stereocenters. The SMILES string of the molecule is CCNC(=NCCCCOCc1ccccc1)NCCc1ncc(CC)s1. The molecular weight excluding hydrogens is 356 g/mol. The van der Waals surface area contributed by atoms with E-state index in [0.717, 1.165) is 57.9 Å². The lowest BCUT2D eigenvalue weighted by Gasteiger charge is -2.10. The number of benzene rings is 1. The molecule has 0 bridgehead atoms. The van der Waals surface area contributed by atoms with Crippen LogP contribution in [0.25, 0.3) is 0 Å². The number of hydrogen-bond donors (Lipinski definition) is 2. The zero-order chi connectivity index (χ0) is 19.2. The van der Waals surface area contributed by atoms with E-state index in [9.17, 15) is 0 Å². The van der Waals surface area contributed by atoms with Gasteiger partial charge in [0.2, 0.25) is 0 Å². The van der Waals surface area contributed by atoms with Gasteiger partial charge in [0.25, 0.3) is 0 Å². The van der Waals surface area contributed by atoms with Gasteiger partial charge in [-0.05, 0) is 31.7 Å². The van der Waals surface area contributed by atoms with Crippen molar-refractivity contribution in [1.29, 1.82) is 0 Å². The Balaban J connectivity index is 1.58. The quantitative estimate of drug-likeness (QED) is 0.330. The summed E-state index contributed by atoms with van der Waals surface area (Å²) in [5.41, 5.74) is 1.22. The highest BCUT2D eigenvalue weighted by Crippen LogP contribution is 2.13. The largest absolute Gasteiger partial charge is 0.377 e. The van der Waals surface area contributed by atoms with Crippen molar-refractivity contribution in [3.63, 3.8) is 0 Å². The first kappa shape index (κ1) is 21.4. The standard InChI is InChI=1S/C21H32N4OS/c1-3-19-16-25-20(27-19)12-14-24-21(22-4-2)23-13-8-9-15-26-17-18-10-6-5-7-11-18/h5-7,10-11,16H,3-4,8-9,12-15,17H2,1-2H3,(H2,22,23,24). The smallest absolute Gasteiger partial charge is 0.191 e. The third-order valence-electron chi connectivity index (χ3n) is 4.00. The number of ether oxygens (including phenoxy) is 1. The lowest BCUT2D eigenvalue weighted by atomic mass is 10.2. The molecule has 6 heteroatoms. The molecule has 27 heavy (non-hydrogen) atoms. The molecule has 148 valence electrons. The highest BCUT2D eigenvalue weighted by atomic mass is 32.1. The van der Waals surface area contributed by atoms with E-state index >= 15 is 0 Å². The zero-order valence-corrected chi connectivity index (χ0v) is 17.4. The van der Waals surface area contributed by atoms with Gasteiger partial charge in [-0.1, -0.05) is 37.3 Å². The van der Waals surface area contributed by atoms with Crippen LogP contribution in [0, 0.1) is 0 Å². The van der Waals surface area contributed by atoms with Crippen LogP contribution in [0.2, 0.25) is 0 Å². The molecule has 2 aromatic rings. The number of aromatic nitrogens is 1. The number of unbranched alkanes of at least 4 members (excludes halogenated alkanes) is 1. The van der Waals surface area contributed by atoms with Crippen LogP contribution >= 0.6 is 11.3 Å². The van der Waals surface area contributed by atoms with E-state index in [1.807, 2.05) is 24.4 Å². The van der Waals surface area contributed by atoms with E-state index in [-0.39, 0.29) is 0 Å². The summed E-state index contributed by atoms with van der Waals surface area (Å²) in [6, 6.07) is 10.3. The molecule has 5 nitrogen and oxygen atoms in total. The number of hydrogen-bond acceptors (Lipinski definition) is 4. The molecule has 0 spiro atoms. The molecule has 0 aliphatic rings. The van der Waals surface area contributed by atoms with E-state index < -0.39 is 0 Å². The maximum Gasteiger partial charge on any atom is 0.191 e. The van der Waals surface area contributed by atoms with E-state index in [1.165, 1.54) is 15.4 Å². The van der Waals surface area contributed by atoms with Gasteiger partial charge in [-0.15, -0.1) is 11.3 Å². The Bertz CT molecular complexity index is 657. The summed E-state index contributed by atoms with van der Waals surface area (Å²) in [6.45, 7) is 8.23. The van der Waals surface area contributed by atoms with Gasteiger partial charge in [0, 0.05) is 43.7 Å². The second-order valence-corrected chi connectivity index (χ2v) is 7.46. The van der Waals surface area contributed by atoms with Gasteiger partial charge in [-0.2, -0.15) is 0 Å². The minimum atomic E-state index is 0.685. The maximum absolute atomic E-state index is 5.71. The second-order valence-electron chi connectivity index (χ2n) is 6.26. The molecule has 0 aliphatic heterocycles. The Hall–Kier alpha value is -1.92. The van der Waals surface area contributed by atoms with Gasteiger partial charge < -0.3 is 15.4 Å². The fraction of sp³-hybridized carbons (Fsp3) is 0.524. The van der Waals surface area contributed by atoms with Gasteiger partial charge in [0.05, 0.1) is 11.6 Å². The molecule has 2 N–H and O–H groups in total. The first-order valence-corrected chi connectivity index (χ1v) is 10.7. The molecule has 0 amide bonds. The number of aryl methyl sites for hydroxylation is 1. The van der Waals surface area contributed by atoms with Crippen LogP contribution in [-0.2, 0) is 24.2 Å². The van der Waals surface area contributed by atoms with Crippen molar-refractivity contribution < 1.29 is 4.74 Å². The Morgan fingerprint density at radius 1 is 1.15 bits per heavy atom. The van der Waals surface area contributed by atoms with Gasteiger partial charge in [-0.25, -0.2) is 4.98 Å². The van der Waals surface area contributed by atoms with Gasteiger partial charge in [-0.3, -0.25) is 4.99 Å². The number of thiazole rings is 1. The van der Waals surface area contributed by atoms with Crippen molar-refractivity contribution in [2.45, 2.75) is 46.1 Å². The maximum atomic E-state index is 5.71. The summed E-state index contributed by atoms with van der Waals surface area (Å²) < 4.78 is 5.71. The number of nitrogens with zero attached hydrogens (tertiary/aromatic N) is 2. The third kappa shape index (κ3) is 9.02. The highest BCUT2D eigenvalue weighted by molar-refractivity contribution is 7.11. The van der Waals surface area contributed by atoms with Crippen LogP contribution < -0.4 is 10.6 Å². The average Bonchev–Trinajstić information content (AvgIpc) is 3.16. The summed E-state index contributed by atoms with van der Waals surface area (Å²) in [7, 11) is 0. The van der Waals surface area contributed by atoms with Crippen LogP contribution in [0.3, 0.4) is 0 Å². The topological polar surface area (TPSA) is 58.5 Å². The predicted octanol–water partition coefficient (Wildman–Crippen LogP) is 3.80. The minimum absolute atomic E-state index is 0.685. The summed E-state index contributed by atoms with van der Waals surface area (Å²) in [5, 5.41) is 7.88. The van der Waals surface area contributed by atoms with Crippen molar-refractivity contribution in [2.75, 3.05) is 26.2 Å². The van der Waals surface area contributed by atoms with Crippen molar-refractivity contribution in [2.24, 2.45) is 4.99 Å². The van der Waals surface area contributed by atoms with Gasteiger partial charge >= 0.3 is 0 Å². The molecule has 0 unspecified atom stereocenters. The average molecular weight is 389 g/mol. The Labute approximate surface area is 167 Å². The van der Waals surface area contributed by atoms with Crippen LogP contribution in [-0.4, -0.2) is 37.2 Å². The minimum Gasteiger partial charge on any atom is -0.377 e. The van der Waals surface area contributed by atoms with E-state index in [2.05, 4.69) is 46.6 Å². The fourth-order valence-electron chi connectivity index (χ4n) is 2.53. The number of rotatable bonds is 12. The lowest BCUT2D eigenvalue weighted by molar-refractivity contribution is 0.117. The molecule has 0 aliphatic carbocycles. The van der Waals surface area contributed by atoms with Crippen LogP contribution in [0.1, 0.15) is 42.1 Å². The molecule has 0 saturated heterocycles. The summed E-state index contributed by atoms with van der Waals surface area (Å²) in [6.07, 6.45) is 6.03. The molecule has 0 radical (unpaired) electrons. The van der Waals surface area contributed by atoms with Gasteiger partial charge in [0.15, 0.2) is 5.96 Å². The Morgan fingerprint density at radius 2 is 2.00 bits per heavy atom. The summed E-state index contributed by atoms with van der Waals surface area (Å²) in [5.74, 6) is 0.884. The second kappa shape index (κ2) is 13.3. The van der Waals surface area contributed by atoms with Crippen molar-refractivity contribution in [3.05, 3.63) is 52.0 Å². The number of aliphatic imine (C=N–C) groups is 1. The monoisotopic (exact) mass is 388 g/mol. The highest BCUT2D eigenvalue weighted by Gasteiger charge is 2.02. The first-order valence-electron chi connectivity index (χ1n) is 9.89. The molecule has 2 rings (SSSR count). The molecule has 1 aromatic heterocycles. The van der Waals surface area contributed by atoms with Crippen LogP contribution in [0.5, 0.6) is 0 Å². The van der Waals surface area contributed by atoms with Gasteiger partial charge in [0.1, 0.15) is 0 Å². The Morgan fingerprint density at radius 3 is 2.74 bits per heavy atom.